The number of benzene rings is 1. The highest BCUT2D eigenvalue weighted by Gasteiger charge is 2.34. The van der Waals surface area contributed by atoms with Crippen LogP contribution in [0.1, 0.15) is 38.2 Å². The Bertz CT molecular complexity index is 514. The Morgan fingerprint density at radius 3 is 2.57 bits per heavy atom. The summed E-state index contributed by atoms with van der Waals surface area (Å²) in [6.07, 6.45) is 2.78. The molecule has 0 saturated heterocycles. The van der Waals surface area contributed by atoms with Gasteiger partial charge in [0.1, 0.15) is 5.54 Å². The van der Waals surface area contributed by atoms with E-state index in [1.807, 2.05) is 30.3 Å². The second kappa shape index (κ2) is 6.26. The molecule has 2 rings (SSSR count). The number of aliphatic carboxylic acids is 1. The lowest BCUT2D eigenvalue weighted by atomic mass is 9.84. The van der Waals surface area contributed by atoms with Crippen LogP contribution in [-0.4, -0.2) is 23.0 Å². The molecule has 1 amide bonds. The molecule has 0 heterocycles. The van der Waals surface area contributed by atoms with Crippen LogP contribution in [0.15, 0.2) is 30.3 Å². The van der Waals surface area contributed by atoms with E-state index in [9.17, 15) is 9.59 Å². The van der Waals surface area contributed by atoms with Gasteiger partial charge in [0.15, 0.2) is 0 Å². The zero-order valence-electron chi connectivity index (χ0n) is 12.2. The van der Waals surface area contributed by atoms with E-state index in [2.05, 4.69) is 5.32 Å². The van der Waals surface area contributed by atoms with Crippen LogP contribution in [0.5, 0.6) is 0 Å². The summed E-state index contributed by atoms with van der Waals surface area (Å²) in [4.78, 5) is 23.5. The number of nitrogens with two attached hydrogens (primary N) is 1. The van der Waals surface area contributed by atoms with Gasteiger partial charge in [-0.05, 0) is 31.7 Å². The molecule has 3 atom stereocenters. The van der Waals surface area contributed by atoms with Crippen molar-refractivity contribution < 1.29 is 14.7 Å². The van der Waals surface area contributed by atoms with Crippen LogP contribution in [0.2, 0.25) is 0 Å². The van der Waals surface area contributed by atoms with Crippen LogP contribution in [-0.2, 0) is 15.1 Å². The van der Waals surface area contributed by atoms with E-state index in [-0.39, 0.29) is 17.9 Å². The highest BCUT2D eigenvalue weighted by atomic mass is 16.4. The van der Waals surface area contributed by atoms with Crippen LogP contribution >= 0.6 is 0 Å². The van der Waals surface area contributed by atoms with Crippen LogP contribution < -0.4 is 11.1 Å². The molecule has 1 saturated carbocycles. The van der Waals surface area contributed by atoms with Gasteiger partial charge in [-0.1, -0.05) is 36.8 Å². The van der Waals surface area contributed by atoms with Gasteiger partial charge in [-0.25, -0.2) is 0 Å². The summed E-state index contributed by atoms with van der Waals surface area (Å²) < 4.78 is 0. The molecule has 114 valence electrons. The third-order valence-corrected chi connectivity index (χ3v) is 4.20. The Balaban J connectivity index is 2.02. The van der Waals surface area contributed by atoms with Crippen molar-refractivity contribution >= 4 is 11.9 Å². The summed E-state index contributed by atoms with van der Waals surface area (Å²) >= 11 is 0. The van der Waals surface area contributed by atoms with Crippen molar-refractivity contribution in [2.75, 3.05) is 0 Å². The first-order valence-corrected chi connectivity index (χ1v) is 7.29. The maximum atomic E-state index is 12.4. The predicted molar refractivity (Wildman–Crippen MR) is 79.5 cm³/mol. The summed E-state index contributed by atoms with van der Waals surface area (Å²) in [6, 6.07) is 9.08. The molecule has 5 heteroatoms. The van der Waals surface area contributed by atoms with Crippen molar-refractivity contribution in [2.45, 2.75) is 44.2 Å². The van der Waals surface area contributed by atoms with Gasteiger partial charge in [0.2, 0.25) is 5.91 Å². The summed E-state index contributed by atoms with van der Waals surface area (Å²) in [5.74, 6) is -1.41. The second-order valence-corrected chi connectivity index (χ2v) is 5.94. The second-order valence-electron chi connectivity index (χ2n) is 5.94. The molecule has 1 aliphatic carbocycles. The van der Waals surface area contributed by atoms with Gasteiger partial charge in [-0.3, -0.25) is 9.59 Å². The van der Waals surface area contributed by atoms with E-state index in [1.165, 1.54) is 0 Å². The zero-order valence-corrected chi connectivity index (χ0v) is 12.2. The Morgan fingerprint density at radius 1 is 1.29 bits per heavy atom. The lowest BCUT2D eigenvalue weighted by Gasteiger charge is -2.31. The van der Waals surface area contributed by atoms with Crippen LogP contribution in [0.4, 0.5) is 0 Å². The number of carboxylic acid groups (broad SMARTS) is 1. The minimum Gasteiger partial charge on any atom is -0.481 e. The lowest BCUT2D eigenvalue weighted by molar-refractivity contribution is -0.143. The van der Waals surface area contributed by atoms with E-state index >= 15 is 0 Å². The smallest absolute Gasteiger partial charge is 0.306 e. The molecule has 1 fully saturated rings. The molecular formula is C16H22N2O3. The zero-order chi connectivity index (χ0) is 15.5. The lowest BCUT2D eigenvalue weighted by Crippen LogP contribution is -2.53. The van der Waals surface area contributed by atoms with Gasteiger partial charge in [-0.2, -0.15) is 0 Å². The SMILES string of the molecule is CC(N)(C(=O)N[C@@H]1CCC[C@H](C(=O)O)C1)c1ccccc1. The van der Waals surface area contributed by atoms with Crippen molar-refractivity contribution in [1.29, 1.82) is 0 Å². The van der Waals surface area contributed by atoms with Crippen molar-refractivity contribution in [3.8, 4) is 0 Å². The minimum absolute atomic E-state index is 0.112. The number of carbonyl (C=O) groups is 2. The number of hydrogen-bond donors (Lipinski definition) is 3. The molecule has 0 spiro atoms. The van der Waals surface area contributed by atoms with E-state index in [1.54, 1.807) is 6.92 Å². The Morgan fingerprint density at radius 2 is 1.95 bits per heavy atom. The topological polar surface area (TPSA) is 92.4 Å². The van der Waals surface area contributed by atoms with Gasteiger partial charge >= 0.3 is 5.97 Å². The molecule has 0 aliphatic heterocycles. The number of hydrogen-bond acceptors (Lipinski definition) is 3. The number of nitrogens with one attached hydrogen (secondary N) is 1. The predicted octanol–water partition coefficient (Wildman–Crippen LogP) is 1.62. The summed E-state index contributed by atoms with van der Waals surface area (Å²) in [7, 11) is 0. The third kappa shape index (κ3) is 3.61. The molecule has 21 heavy (non-hydrogen) atoms. The van der Waals surface area contributed by atoms with Gasteiger partial charge in [0.25, 0.3) is 0 Å². The molecule has 5 nitrogen and oxygen atoms in total. The Kier molecular flexibility index (Phi) is 4.63. The molecule has 1 aliphatic rings. The fraction of sp³-hybridized carbons (Fsp3) is 0.500. The normalized spacial score (nSPS) is 24.9. The highest BCUT2D eigenvalue weighted by Crippen LogP contribution is 2.25. The first-order chi connectivity index (χ1) is 9.91. The maximum Gasteiger partial charge on any atom is 0.306 e. The molecule has 1 aromatic rings. The molecular weight excluding hydrogens is 268 g/mol. The Hall–Kier alpha value is -1.88. The third-order valence-electron chi connectivity index (χ3n) is 4.20. The van der Waals surface area contributed by atoms with E-state index < -0.39 is 11.5 Å². The van der Waals surface area contributed by atoms with E-state index in [4.69, 9.17) is 10.8 Å². The largest absolute Gasteiger partial charge is 0.481 e. The molecule has 0 radical (unpaired) electrons. The van der Waals surface area contributed by atoms with Crippen molar-refractivity contribution in [3.05, 3.63) is 35.9 Å². The molecule has 1 aromatic carbocycles. The summed E-state index contributed by atoms with van der Waals surface area (Å²) in [6.45, 7) is 1.68. The summed E-state index contributed by atoms with van der Waals surface area (Å²) in [5.41, 5.74) is 5.79. The molecule has 1 unspecified atom stereocenters. The number of rotatable bonds is 4. The average molecular weight is 290 g/mol. The summed E-state index contributed by atoms with van der Waals surface area (Å²) in [5, 5.41) is 12.0. The van der Waals surface area contributed by atoms with Crippen molar-refractivity contribution in [2.24, 2.45) is 11.7 Å². The molecule has 4 N–H and O–H groups in total. The first-order valence-electron chi connectivity index (χ1n) is 7.29. The highest BCUT2D eigenvalue weighted by molar-refractivity contribution is 5.87. The van der Waals surface area contributed by atoms with Gasteiger partial charge in [-0.15, -0.1) is 0 Å². The quantitative estimate of drug-likeness (QED) is 0.785. The van der Waals surface area contributed by atoms with Crippen LogP contribution in [0, 0.1) is 5.92 Å². The Labute approximate surface area is 124 Å². The molecule has 0 aromatic heterocycles. The fourth-order valence-electron chi connectivity index (χ4n) is 2.80. The fourth-order valence-corrected chi connectivity index (χ4v) is 2.80. The first kappa shape index (κ1) is 15.5. The molecule has 0 bridgehead atoms. The number of amides is 1. The van der Waals surface area contributed by atoms with E-state index in [0.29, 0.717) is 12.8 Å². The standard InChI is InChI=1S/C16H22N2O3/c1-16(17,12-7-3-2-4-8-12)15(21)18-13-9-5-6-11(10-13)14(19)20/h2-4,7-8,11,13H,5-6,9-10,17H2,1H3,(H,18,21)(H,19,20)/t11-,13+,16?/m0/s1. The van der Waals surface area contributed by atoms with Crippen LogP contribution in [0.25, 0.3) is 0 Å². The van der Waals surface area contributed by atoms with Gasteiger partial charge in [0, 0.05) is 6.04 Å². The van der Waals surface area contributed by atoms with Crippen molar-refractivity contribution in [3.63, 3.8) is 0 Å². The van der Waals surface area contributed by atoms with E-state index in [0.717, 1.165) is 18.4 Å². The maximum absolute atomic E-state index is 12.4. The minimum atomic E-state index is -1.11. The van der Waals surface area contributed by atoms with Crippen LogP contribution in [0.3, 0.4) is 0 Å². The number of carbonyl (C=O) groups excluding carboxylic acids is 1. The average Bonchev–Trinajstić information content (AvgIpc) is 2.48. The van der Waals surface area contributed by atoms with Gasteiger partial charge in [0.05, 0.1) is 5.92 Å². The monoisotopic (exact) mass is 290 g/mol. The van der Waals surface area contributed by atoms with Gasteiger partial charge < -0.3 is 16.2 Å². The van der Waals surface area contributed by atoms with Crippen molar-refractivity contribution in [1.82, 2.24) is 5.32 Å². The number of carboxylic acids is 1.